The van der Waals surface area contributed by atoms with Gasteiger partial charge in [-0.15, -0.1) is 0 Å². The predicted molar refractivity (Wildman–Crippen MR) is 100 cm³/mol. The Labute approximate surface area is 156 Å². The first-order valence-corrected chi connectivity index (χ1v) is 9.76. The van der Waals surface area contributed by atoms with Crippen LogP contribution in [0.2, 0.25) is 5.02 Å². The zero-order valence-corrected chi connectivity index (χ0v) is 15.6. The van der Waals surface area contributed by atoms with Gasteiger partial charge in [-0.3, -0.25) is 9.10 Å². The Morgan fingerprint density at radius 3 is 2.46 bits per heavy atom. The van der Waals surface area contributed by atoms with Crippen LogP contribution in [0, 0.1) is 5.82 Å². The van der Waals surface area contributed by atoms with E-state index in [1.165, 1.54) is 25.1 Å². The van der Waals surface area contributed by atoms with E-state index in [9.17, 15) is 17.6 Å². The highest BCUT2D eigenvalue weighted by Crippen LogP contribution is 2.20. The third-order valence-corrected chi connectivity index (χ3v) is 5.04. The number of anilines is 1. The van der Waals surface area contributed by atoms with E-state index in [0.717, 1.165) is 16.8 Å². The zero-order chi connectivity index (χ0) is 19.3. The molecule has 1 atom stereocenters. The minimum Gasteiger partial charge on any atom is -0.271 e. The summed E-state index contributed by atoms with van der Waals surface area (Å²) >= 11 is 5.87. The van der Waals surface area contributed by atoms with Crippen LogP contribution in [0.3, 0.4) is 0 Å². The van der Waals surface area contributed by atoms with Gasteiger partial charge in [0.05, 0.1) is 23.2 Å². The number of amides is 1. The van der Waals surface area contributed by atoms with Crippen molar-refractivity contribution in [2.75, 3.05) is 10.6 Å². The highest BCUT2D eigenvalue weighted by molar-refractivity contribution is 7.92. The van der Waals surface area contributed by atoms with E-state index in [2.05, 4.69) is 10.5 Å². The standard InChI is InChI=1S/C17H17ClFN3O3S/c1-12(22(26(2,24)25)13-7-4-3-5-8-13)17(23)21-20-11-14-15(18)9-6-10-16(14)19/h3-12H,1-2H3,(H,21,23)/b20-11-/t12-/m0/s1. The van der Waals surface area contributed by atoms with Gasteiger partial charge in [0.1, 0.15) is 11.9 Å². The molecule has 0 unspecified atom stereocenters. The summed E-state index contributed by atoms with van der Waals surface area (Å²) in [6.07, 6.45) is 2.07. The summed E-state index contributed by atoms with van der Waals surface area (Å²) in [7, 11) is -3.71. The molecule has 2 aromatic carbocycles. The molecule has 0 saturated heterocycles. The van der Waals surface area contributed by atoms with E-state index in [0.29, 0.717) is 5.69 Å². The lowest BCUT2D eigenvalue weighted by molar-refractivity contribution is -0.121. The summed E-state index contributed by atoms with van der Waals surface area (Å²) in [6.45, 7) is 1.43. The molecule has 2 aromatic rings. The minimum absolute atomic E-state index is 0.0187. The van der Waals surface area contributed by atoms with Gasteiger partial charge in [-0.2, -0.15) is 5.10 Å². The Balaban J connectivity index is 2.18. The summed E-state index contributed by atoms with van der Waals surface area (Å²) in [5.74, 6) is -1.27. The van der Waals surface area contributed by atoms with E-state index in [1.54, 1.807) is 30.3 Å². The van der Waals surface area contributed by atoms with E-state index < -0.39 is 27.8 Å². The molecule has 0 aromatic heterocycles. The van der Waals surface area contributed by atoms with Crippen LogP contribution in [-0.2, 0) is 14.8 Å². The summed E-state index contributed by atoms with van der Waals surface area (Å²) in [6, 6.07) is 11.3. The van der Waals surface area contributed by atoms with E-state index in [-0.39, 0.29) is 10.6 Å². The second-order valence-corrected chi connectivity index (χ2v) is 7.71. The Morgan fingerprint density at radius 1 is 1.23 bits per heavy atom. The van der Waals surface area contributed by atoms with Crippen molar-refractivity contribution in [1.29, 1.82) is 0 Å². The molecule has 0 bridgehead atoms. The molecular formula is C17H17ClFN3O3S. The lowest BCUT2D eigenvalue weighted by Crippen LogP contribution is -2.46. The van der Waals surface area contributed by atoms with Crippen molar-refractivity contribution in [3.8, 4) is 0 Å². The number of hydrazone groups is 1. The number of hydrogen-bond acceptors (Lipinski definition) is 4. The van der Waals surface area contributed by atoms with Crippen molar-refractivity contribution < 1.29 is 17.6 Å². The molecule has 0 fully saturated rings. The number of nitrogens with zero attached hydrogens (tertiary/aromatic N) is 2. The summed E-state index contributed by atoms with van der Waals surface area (Å²) in [5.41, 5.74) is 2.57. The van der Waals surface area contributed by atoms with Crippen molar-refractivity contribution >= 4 is 39.4 Å². The lowest BCUT2D eigenvalue weighted by atomic mass is 10.2. The highest BCUT2D eigenvalue weighted by atomic mass is 35.5. The second kappa shape index (κ2) is 8.29. The third kappa shape index (κ3) is 4.80. The molecule has 1 N–H and O–H groups in total. The van der Waals surface area contributed by atoms with Crippen LogP contribution >= 0.6 is 11.6 Å². The van der Waals surface area contributed by atoms with Crippen molar-refractivity contribution in [3.63, 3.8) is 0 Å². The Bertz CT molecular complexity index is 900. The molecular weight excluding hydrogens is 381 g/mol. The number of carbonyl (C=O) groups is 1. The first-order valence-electron chi connectivity index (χ1n) is 7.53. The second-order valence-electron chi connectivity index (χ2n) is 5.44. The quantitative estimate of drug-likeness (QED) is 0.601. The Hall–Kier alpha value is -2.45. The van der Waals surface area contributed by atoms with Gasteiger partial charge < -0.3 is 0 Å². The average molecular weight is 398 g/mol. The fourth-order valence-corrected chi connectivity index (χ4v) is 3.66. The van der Waals surface area contributed by atoms with Crippen LogP contribution in [0.15, 0.2) is 53.6 Å². The number of sulfonamides is 1. The smallest absolute Gasteiger partial charge is 0.263 e. The fourth-order valence-electron chi connectivity index (χ4n) is 2.27. The number of halogens is 2. The van der Waals surface area contributed by atoms with E-state index in [1.807, 2.05) is 0 Å². The van der Waals surface area contributed by atoms with Gasteiger partial charge in [0.15, 0.2) is 0 Å². The lowest BCUT2D eigenvalue weighted by Gasteiger charge is -2.27. The SMILES string of the molecule is C[C@@H](C(=O)N/N=C\c1c(F)cccc1Cl)N(c1ccccc1)S(C)(=O)=O. The predicted octanol–water partition coefficient (Wildman–Crippen LogP) is 2.78. The maximum absolute atomic E-state index is 13.7. The number of carbonyl (C=O) groups excluding carboxylic acids is 1. The topological polar surface area (TPSA) is 78.8 Å². The highest BCUT2D eigenvalue weighted by Gasteiger charge is 2.28. The molecule has 0 saturated carbocycles. The zero-order valence-electron chi connectivity index (χ0n) is 14.1. The van der Waals surface area contributed by atoms with Gasteiger partial charge in [-0.1, -0.05) is 35.9 Å². The van der Waals surface area contributed by atoms with Crippen LogP contribution in [0.1, 0.15) is 12.5 Å². The van der Waals surface area contributed by atoms with Gasteiger partial charge in [0.25, 0.3) is 5.91 Å². The van der Waals surface area contributed by atoms with Crippen molar-refractivity contribution in [2.45, 2.75) is 13.0 Å². The molecule has 2 rings (SSSR count). The van der Waals surface area contributed by atoms with Gasteiger partial charge in [0, 0.05) is 5.56 Å². The van der Waals surface area contributed by atoms with Crippen molar-refractivity contribution in [2.24, 2.45) is 5.10 Å². The first kappa shape index (κ1) is 19.9. The van der Waals surface area contributed by atoms with Gasteiger partial charge in [0.2, 0.25) is 10.0 Å². The first-order chi connectivity index (χ1) is 12.2. The van der Waals surface area contributed by atoms with Gasteiger partial charge in [-0.05, 0) is 31.2 Å². The van der Waals surface area contributed by atoms with Crippen LogP contribution in [0.5, 0.6) is 0 Å². The molecule has 0 aliphatic carbocycles. The molecule has 0 heterocycles. The van der Waals surface area contributed by atoms with Gasteiger partial charge >= 0.3 is 0 Å². The largest absolute Gasteiger partial charge is 0.271 e. The summed E-state index contributed by atoms with van der Waals surface area (Å²) in [5, 5.41) is 3.81. The molecule has 138 valence electrons. The molecule has 26 heavy (non-hydrogen) atoms. The van der Waals surface area contributed by atoms with Crippen LogP contribution in [0.25, 0.3) is 0 Å². The molecule has 0 spiro atoms. The maximum Gasteiger partial charge on any atom is 0.263 e. The van der Waals surface area contributed by atoms with Crippen LogP contribution in [-0.4, -0.2) is 32.8 Å². The van der Waals surface area contributed by atoms with E-state index in [4.69, 9.17) is 11.6 Å². The van der Waals surface area contributed by atoms with Gasteiger partial charge in [-0.25, -0.2) is 18.2 Å². The molecule has 0 aliphatic rings. The van der Waals surface area contributed by atoms with Crippen LogP contribution < -0.4 is 9.73 Å². The van der Waals surface area contributed by atoms with E-state index >= 15 is 0 Å². The monoisotopic (exact) mass is 397 g/mol. The van der Waals surface area contributed by atoms with Crippen molar-refractivity contribution in [3.05, 3.63) is 64.9 Å². The van der Waals surface area contributed by atoms with Crippen molar-refractivity contribution in [1.82, 2.24) is 5.43 Å². The third-order valence-electron chi connectivity index (χ3n) is 3.47. The number of rotatable bonds is 6. The number of hydrogen-bond donors (Lipinski definition) is 1. The summed E-state index contributed by atoms with van der Waals surface area (Å²) < 4.78 is 38.8. The Morgan fingerprint density at radius 2 is 1.88 bits per heavy atom. The summed E-state index contributed by atoms with van der Waals surface area (Å²) in [4.78, 5) is 12.3. The van der Waals surface area contributed by atoms with Crippen LogP contribution in [0.4, 0.5) is 10.1 Å². The number of para-hydroxylation sites is 1. The molecule has 6 nitrogen and oxygen atoms in total. The molecule has 0 aliphatic heterocycles. The Kier molecular flexibility index (Phi) is 6.33. The normalized spacial score (nSPS) is 12.8. The number of benzene rings is 2. The fraction of sp³-hybridized carbons (Fsp3) is 0.176. The molecule has 0 radical (unpaired) electrons. The average Bonchev–Trinajstić information content (AvgIpc) is 2.57. The maximum atomic E-state index is 13.7. The number of nitrogens with one attached hydrogen (secondary N) is 1. The molecule has 1 amide bonds. The minimum atomic E-state index is -3.71. The molecule has 9 heteroatoms.